The van der Waals surface area contributed by atoms with Gasteiger partial charge in [0.2, 0.25) is 0 Å². The van der Waals surface area contributed by atoms with Crippen LogP contribution in [0.25, 0.3) is 10.8 Å². The van der Waals surface area contributed by atoms with Gasteiger partial charge in [0, 0.05) is 30.7 Å². The van der Waals surface area contributed by atoms with Gasteiger partial charge in [0.15, 0.2) is 0 Å². The van der Waals surface area contributed by atoms with Gasteiger partial charge in [0.25, 0.3) is 5.56 Å². The van der Waals surface area contributed by atoms with Crippen LogP contribution in [-0.2, 0) is 11.5 Å². The molecule has 114 valence electrons. The van der Waals surface area contributed by atoms with E-state index in [1.807, 2.05) is 12.1 Å². The fourth-order valence-electron chi connectivity index (χ4n) is 1.97. The third-order valence-electron chi connectivity index (χ3n) is 3.26. The summed E-state index contributed by atoms with van der Waals surface area (Å²) in [6.45, 7) is 7.86. The fraction of sp³-hybridized carbons (Fsp3) is 0.400. The van der Waals surface area contributed by atoms with Gasteiger partial charge in [0.1, 0.15) is 6.73 Å². The Bertz CT molecular complexity index is 709. The number of pyridine rings is 1. The number of nitrogens with zero attached hydrogens (tertiary/aromatic N) is 1. The van der Waals surface area contributed by atoms with Crippen molar-refractivity contribution in [1.29, 1.82) is 0 Å². The van der Waals surface area contributed by atoms with Crippen LogP contribution in [0, 0.1) is 0 Å². The molecular weight excluding hydrogens is 370 g/mol. The van der Waals surface area contributed by atoms with Crippen LogP contribution in [0.5, 0.6) is 0 Å². The van der Waals surface area contributed by atoms with E-state index in [1.165, 1.54) is 0 Å². The van der Waals surface area contributed by atoms with Gasteiger partial charge in [-0.3, -0.25) is 9.36 Å². The van der Waals surface area contributed by atoms with E-state index in [0.29, 0.717) is 17.0 Å². The lowest BCUT2D eigenvalue weighted by Gasteiger charge is -2.16. The zero-order chi connectivity index (χ0) is 15.6. The van der Waals surface area contributed by atoms with Gasteiger partial charge in [-0.05, 0) is 24.2 Å². The molecule has 21 heavy (non-hydrogen) atoms. The third kappa shape index (κ3) is 4.19. The SMILES string of the molecule is C[Si](C)(C)CCOCn1ccc2c(Br)ccc(Cl)c2c1=O. The maximum absolute atomic E-state index is 12.5. The molecule has 3 nitrogen and oxygen atoms in total. The summed E-state index contributed by atoms with van der Waals surface area (Å²) in [5.41, 5.74) is -0.119. The monoisotopic (exact) mass is 387 g/mol. The molecule has 0 N–H and O–H groups in total. The molecule has 0 aliphatic rings. The lowest BCUT2D eigenvalue weighted by atomic mass is 10.2. The minimum Gasteiger partial charge on any atom is -0.361 e. The number of ether oxygens (including phenoxy) is 1. The highest BCUT2D eigenvalue weighted by Gasteiger charge is 2.13. The maximum Gasteiger partial charge on any atom is 0.261 e. The van der Waals surface area contributed by atoms with Crippen molar-refractivity contribution in [3.8, 4) is 0 Å². The minimum absolute atomic E-state index is 0.119. The molecule has 1 aromatic heterocycles. The van der Waals surface area contributed by atoms with Crippen molar-refractivity contribution >= 4 is 46.4 Å². The molecule has 6 heteroatoms. The number of benzene rings is 1. The van der Waals surface area contributed by atoms with Crippen molar-refractivity contribution in [2.45, 2.75) is 32.4 Å². The van der Waals surface area contributed by atoms with Crippen molar-refractivity contribution in [2.24, 2.45) is 0 Å². The molecule has 1 heterocycles. The lowest BCUT2D eigenvalue weighted by Crippen LogP contribution is -2.24. The number of aromatic nitrogens is 1. The van der Waals surface area contributed by atoms with E-state index in [0.717, 1.165) is 15.9 Å². The van der Waals surface area contributed by atoms with Crippen LogP contribution in [0.2, 0.25) is 30.7 Å². The highest BCUT2D eigenvalue weighted by Crippen LogP contribution is 2.27. The summed E-state index contributed by atoms with van der Waals surface area (Å²) in [5.74, 6) is 0. The van der Waals surface area contributed by atoms with E-state index in [1.54, 1.807) is 16.8 Å². The Hall–Kier alpha value is -0.623. The third-order valence-corrected chi connectivity index (χ3v) is 5.97. The minimum atomic E-state index is -1.11. The topological polar surface area (TPSA) is 31.2 Å². The molecule has 2 rings (SSSR count). The standard InChI is InChI=1S/C15H19BrClNO2Si/c1-21(2,3)9-8-20-10-18-7-6-11-12(16)4-5-13(17)14(11)15(18)19/h4-7H,8-10H2,1-3H3. The summed E-state index contributed by atoms with van der Waals surface area (Å²) < 4.78 is 8.07. The van der Waals surface area contributed by atoms with Crippen LogP contribution in [0.15, 0.2) is 33.7 Å². The fourth-order valence-corrected chi connectivity index (χ4v) is 3.43. The van der Waals surface area contributed by atoms with E-state index < -0.39 is 8.07 Å². The van der Waals surface area contributed by atoms with Crippen molar-refractivity contribution in [2.75, 3.05) is 6.61 Å². The van der Waals surface area contributed by atoms with E-state index in [2.05, 4.69) is 35.6 Å². The van der Waals surface area contributed by atoms with E-state index >= 15 is 0 Å². The first-order valence-electron chi connectivity index (χ1n) is 6.84. The van der Waals surface area contributed by atoms with Gasteiger partial charge in [-0.2, -0.15) is 0 Å². The average molecular weight is 389 g/mol. The Labute approximate surface area is 139 Å². The van der Waals surface area contributed by atoms with Crippen LogP contribution in [0.4, 0.5) is 0 Å². The molecule has 0 unspecified atom stereocenters. The van der Waals surface area contributed by atoms with E-state index in [-0.39, 0.29) is 12.3 Å². The van der Waals surface area contributed by atoms with Crippen molar-refractivity contribution in [1.82, 2.24) is 4.57 Å². The zero-order valence-electron chi connectivity index (χ0n) is 12.5. The molecule has 0 aliphatic carbocycles. The number of rotatable bonds is 5. The number of halogens is 2. The maximum atomic E-state index is 12.5. The molecule has 0 saturated carbocycles. The van der Waals surface area contributed by atoms with Gasteiger partial charge in [-0.25, -0.2) is 0 Å². The van der Waals surface area contributed by atoms with Gasteiger partial charge < -0.3 is 4.74 Å². The van der Waals surface area contributed by atoms with Crippen molar-refractivity contribution in [3.05, 3.63) is 44.2 Å². The summed E-state index contributed by atoms with van der Waals surface area (Å²) in [5, 5.41) is 1.82. The molecular formula is C15H19BrClNO2Si. The second-order valence-electron chi connectivity index (χ2n) is 6.26. The van der Waals surface area contributed by atoms with E-state index in [4.69, 9.17) is 16.3 Å². The van der Waals surface area contributed by atoms with Crippen LogP contribution in [0.3, 0.4) is 0 Å². The number of hydrogen-bond acceptors (Lipinski definition) is 2. The molecule has 0 spiro atoms. The quantitative estimate of drug-likeness (QED) is 0.547. The molecule has 0 saturated heterocycles. The van der Waals surface area contributed by atoms with Gasteiger partial charge in [-0.15, -0.1) is 0 Å². The first-order chi connectivity index (χ1) is 9.79. The van der Waals surface area contributed by atoms with Gasteiger partial charge in [-0.1, -0.05) is 47.2 Å². The highest BCUT2D eigenvalue weighted by molar-refractivity contribution is 9.10. The summed E-state index contributed by atoms with van der Waals surface area (Å²) in [6, 6.07) is 6.54. The van der Waals surface area contributed by atoms with Crippen LogP contribution in [-0.4, -0.2) is 19.2 Å². The molecule has 1 aromatic carbocycles. The first kappa shape index (κ1) is 16.7. The van der Waals surface area contributed by atoms with E-state index in [9.17, 15) is 4.79 Å². The second kappa shape index (κ2) is 6.65. The Kier molecular flexibility index (Phi) is 5.30. The summed E-state index contributed by atoms with van der Waals surface area (Å²) >= 11 is 9.60. The summed E-state index contributed by atoms with van der Waals surface area (Å²) in [7, 11) is -1.11. The summed E-state index contributed by atoms with van der Waals surface area (Å²) in [6.07, 6.45) is 1.75. The average Bonchev–Trinajstić information content (AvgIpc) is 2.39. The number of fused-ring (bicyclic) bond motifs is 1. The predicted octanol–water partition coefficient (Wildman–Crippen LogP) is 4.73. The van der Waals surface area contributed by atoms with Crippen LogP contribution < -0.4 is 5.56 Å². The molecule has 0 radical (unpaired) electrons. The Morgan fingerprint density at radius 1 is 1.29 bits per heavy atom. The molecule has 0 amide bonds. The molecule has 2 aromatic rings. The van der Waals surface area contributed by atoms with Crippen molar-refractivity contribution in [3.63, 3.8) is 0 Å². The van der Waals surface area contributed by atoms with Gasteiger partial charge >= 0.3 is 0 Å². The number of hydrogen-bond donors (Lipinski definition) is 0. The Balaban J connectivity index is 2.21. The normalized spacial score (nSPS) is 12.0. The van der Waals surface area contributed by atoms with Crippen molar-refractivity contribution < 1.29 is 4.74 Å². The smallest absolute Gasteiger partial charge is 0.261 e. The molecule has 0 atom stereocenters. The van der Waals surface area contributed by atoms with Crippen LogP contribution in [0.1, 0.15) is 0 Å². The Morgan fingerprint density at radius 3 is 2.67 bits per heavy atom. The molecule has 0 aliphatic heterocycles. The lowest BCUT2D eigenvalue weighted by molar-refractivity contribution is 0.0851. The molecule has 0 fully saturated rings. The van der Waals surface area contributed by atoms with Gasteiger partial charge in [0.05, 0.1) is 10.4 Å². The Morgan fingerprint density at radius 2 is 2.00 bits per heavy atom. The second-order valence-corrected chi connectivity index (χ2v) is 13.1. The predicted molar refractivity (Wildman–Crippen MR) is 95.0 cm³/mol. The summed E-state index contributed by atoms with van der Waals surface area (Å²) in [4.78, 5) is 12.5. The largest absolute Gasteiger partial charge is 0.361 e. The van der Waals surface area contributed by atoms with Crippen LogP contribution >= 0.6 is 27.5 Å². The first-order valence-corrected chi connectivity index (χ1v) is 11.7. The molecule has 0 bridgehead atoms. The highest BCUT2D eigenvalue weighted by atomic mass is 79.9. The zero-order valence-corrected chi connectivity index (χ0v) is 15.8.